The van der Waals surface area contributed by atoms with Crippen molar-refractivity contribution in [1.82, 2.24) is 4.90 Å². The van der Waals surface area contributed by atoms with Gasteiger partial charge in [-0.3, -0.25) is 4.79 Å². The zero-order chi connectivity index (χ0) is 25.5. The smallest absolute Gasteiger partial charge is 0.260 e. The van der Waals surface area contributed by atoms with Gasteiger partial charge in [0.15, 0.2) is 29.7 Å². The van der Waals surface area contributed by atoms with E-state index < -0.39 is 11.6 Å². The summed E-state index contributed by atoms with van der Waals surface area (Å²) in [5.74, 6) is 0.00539. The summed E-state index contributed by atoms with van der Waals surface area (Å²) in [4.78, 5) is 14.6. The maximum atomic E-state index is 13.9. The molecule has 4 rings (SSSR count). The van der Waals surface area contributed by atoms with Crippen LogP contribution < -0.4 is 14.2 Å². The van der Waals surface area contributed by atoms with Gasteiger partial charge < -0.3 is 19.1 Å². The molecule has 0 radical (unpaired) electrons. The van der Waals surface area contributed by atoms with Crippen molar-refractivity contribution in [1.29, 1.82) is 0 Å². The van der Waals surface area contributed by atoms with Crippen molar-refractivity contribution < 1.29 is 27.8 Å². The van der Waals surface area contributed by atoms with Crippen molar-refractivity contribution in [2.75, 3.05) is 33.9 Å². The molecule has 7 heteroatoms. The first-order chi connectivity index (χ1) is 17.5. The fourth-order valence-corrected chi connectivity index (χ4v) is 4.60. The Balaban J connectivity index is 1.29. The molecule has 0 saturated carbocycles. The molecule has 0 atom stereocenters. The number of likely N-dealkylation sites (tertiary alicyclic amines) is 1. The lowest BCUT2D eigenvalue weighted by Crippen LogP contribution is -2.41. The van der Waals surface area contributed by atoms with Crippen LogP contribution in [0.5, 0.6) is 17.2 Å². The summed E-state index contributed by atoms with van der Waals surface area (Å²) in [6, 6.07) is 17.1. The molecule has 0 aliphatic carbocycles. The van der Waals surface area contributed by atoms with E-state index in [1.54, 1.807) is 43.4 Å². The summed E-state index contributed by atoms with van der Waals surface area (Å²) in [6.45, 7) is 1.09. The Morgan fingerprint density at radius 3 is 2.28 bits per heavy atom. The van der Waals surface area contributed by atoms with Gasteiger partial charge in [0.2, 0.25) is 0 Å². The van der Waals surface area contributed by atoms with Crippen LogP contribution in [0.4, 0.5) is 8.78 Å². The Morgan fingerprint density at radius 2 is 1.58 bits per heavy atom. The van der Waals surface area contributed by atoms with Crippen molar-refractivity contribution in [3.05, 3.63) is 77.9 Å². The molecule has 36 heavy (non-hydrogen) atoms. The standard InChI is InChI=1S/C29H31F2NO4/c1-34-26-11-10-21(16-28(26)35-2)9-8-20-12-14-32(15-13-20)29(33)19-36-27-18-25(31)24(30)17-23(27)22-6-4-3-5-7-22/h3-7,10-11,16-18,20H,8-9,12-15,19H2,1-2H3. The number of nitrogens with zero attached hydrogens (tertiary/aromatic N) is 1. The van der Waals surface area contributed by atoms with E-state index in [-0.39, 0.29) is 18.3 Å². The van der Waals surface area contributed by atoms with Gasteiger partial charge in [-0.2, -0.15) is 0 Å². The molecule has 1 fully saturated rings. The number of piperidine rings is 1. The molecule has 1 aliphatic rings. The molecule has 0 spiro atoms. The number of amides is 1. The van der Waals surface area contributed by atoms with E-state index in [0.29, 0.717) is 30.1 Å². The lowest BCUT2D eigenvalue weighted by Gasteiger charge is -2.32. The van der Waals surface area contributed by atoms with Crippen LogP contribution in [0.2, 0.25) is 0 Å². The lowest BCUT2D eigenvalue weighted by atomic mass is 9.90. The Morgan fingerprint density at radius 1 is 0.889 bits per heavy atom. The van der Waals surface area contributed by atoms with Crippen LogP contribution in [0, 0.1) is 17.6 Å². The van der Waals surface area contributed by atoms with E-state index in [0.717, 1.165) is 49.3 Å². The Labute approximate surface area is 210 Å². The van der Waals surface area contributed by atoms with Gasteiger partial charge in [-0.15, -0.1) is 0 Å². The fourth-order valence-electron chi connectivity index (χ4n) is 4.60. The van der Waals surface area contributed by atoms with Crippen molar-refractivity contribution in [2.45, 2.75) is 25.7 Å². The van der Waals surface area contributed by atoms with Gasteiger partial charge in [-0.05, 0) is 60.9 Å². The monoisotopic (exact) mass is 495 g/mol. The van der Waals surface area contributed by atoms with Gasteiger partial charge in [0.1, 0.15) is 5.75 Å². The first-order valence-corrected chi connectivity index (χ1v) is 12.1. The van der Waals surface area contributed by atoms with E-state index >= 15 is 0 Å². The van der Waals surface area contributed by atoms with Crippen LogP contribution in [-0.2, 0) is 11.2 Å². The summed E-state index contributed by atoms with van der Waals surface area (Å²) in [5.41, 5.74) is 2.30. The molecule has 3 aromatic carbocycles. The number of aryl methyl sites for hydroxylation is 1. The minimum Gasteiger partial charge on any atom is -0.493 e. The highest BCUT2D eigenvalue weighted by atomic mass is 19.2. The molecule has 1 heterocycles. The molecular weight excluding hydrogens is 464 g/mol. The van der Waals surface area contributed by atoms with Crippen LogP contribution in [0.15, 0.2) is 60.7 Å². The highest BCUT2D eigenvalue weighted by Gasteiger charge is 2.24. The SMILES string of the molecule is COc1ccc(CCC2CCN(C(=O)COc3cc(F)c(F)cc3-c3ccccc3)CC2)cc1OC. The zero-order valence-corrected chi connectivity index (χ0v) is 20.6. The van der Waals surface area contributed by atoms with Gasteiger partial charge in [-0.25, -0.2) is 8.78 Å². The maximum Gasteiger partial charge on any atom is 0.260 e. The fraction of sp³-hybridized carbons (Fsp3) is 0.345. The number of ether oxygens (including phenoxy) is 3. The van der Waals surface area contributed by atoms with E-state index in [1.165, 1.54) is 5.56 Å². The van der Waals surface area contributed by atoms with E-state index in [1.807, 2.05) is 18.2 Å². The summed E-state index contributed by atoms with van der Waals surface area (Å²) in [6.07, 6.45) is 3.79. The normalized spacial score (nSPS) is 13.9. The average Bonchev–Trinajstić information content (AvgIpc) is 2.92. The van der Waals surface area contributed by atoms with Crippen LogP contribution in [0.25, 0.3) is 11.1 Å². The molecule has 0 aromatic heterocycles. The zero-order valence-electron chi connectivity index (χ0n) is 20.6. The van der Waals surface area contributed by atoms with Gasteiger partial charge in [-0.1, -0.05) is 36.4 Å². The van der Waals surface area contributed by atoms with Gasteiger partial charge >= 0.3 is 0 Å². The average molecular weight is 496 g/mol. The van der Waals surface area contributed by atoms with Crippen molar-refractivity contribution in [3.63, 3.8) is 0 Å². The maximum absolute atomic E-state index is 13.9. The van der Waals surface area contributed by atoms with E-state index in [4.69, 9.17) is 14.2 Å². The van der Waals surface area contributed by atoms with Crippen molar-refractivity contribution >= 4 is 5.91 Å². The summed E-state index contributed by atoms with van der Waals surface area (Å²) >= 11 is 0. The predicted octanol–water partition coefficient (Wildman–Crippen LogP) is 5.90. The predicted molar refractivity (Wildman–Crippen MR) is 134 cm³/mol. The van der Waals surface area contributed by atoms with E-state index in [2.05, 4.69) is 6.07 Å². The molecule has 1 aliphatic heterocycles. The lowest BCUT2D eigenvalue weighted by molar-refractivity contribution is -0.134. The second-order valence-corrected chi connectivity index (χ2v) is 8.97. The molecule has 3 aromatic rings. The van der Waals surface area contributed by atoms with Crippen LogP contribution >= 0.6 is 0 Å². The minimum atomic E-state index is -1.01. The van der Waals surface area contributed by atoms with Gasteiger partial charge in [0.05, 0.1) is 14.2 Å². The topological polar surface area (TPSA) is 48.0 Å². The summed E-state index contributed by atoms with van der Waals surface area (Å²) in [5, 5.41) is 0. The first kappa shape index (κ1) is 25.5. The molecule has 1 amide bonds. The first-order valence-electron chi connectivity index (χ1n) is 12.1. The number of halogens is 2. The third-order valence-electron chi connectivity index (χ3n) is 6.71. The van der Waals surface area contributed by atoms with Gasteiger partial charge in [0, 0.05) is 24.7 Å². The van der Waals surface area contributed by atoms with Crippen LogP contribution in [0.3, 0.4) is 0 Å². The number of carbonyl (C=O) groups is 1. The Hall–Kier alpha value is -3.61. The summed E-state index contributed by atoms with van der Waals surface area (Å²) in [7, 11) is 3.25. The minimum absolute atomic E-state index is 0.151. The Bertz CT molecular complexity index is 1180. The number of hydrogen-bond donors (Lipinski definition) is 0. The number of methoxy groups -OCH3 is 2. The molecule has 0 unspecified atom stereocenters. The third-order valence-corrected chi connectivity index (χ3v) is 6.71. The highest BCUT2D eigenvalue weighted by molar-refractivity contribution is 5.78. The molecule has 190 valence electrons. The molecule has 1 saturated heterocycles. The molecule has 0 bridgehead atoms. The second-order valence-electron chi connectivity index (χ2n) is 8.97. The number of carbonyl (C=O) groups excluding carboxylic acids is 1. The quantitative estimate of drug-likeness (QED) is 0.371. The van der Waals surface area contributed by atoms with Crippen molar-refractivity contribution in [2.24, 2.45) is 5.92 Å². The molecule has 0 N–H and O–H groups in total. The largest absolute Gasteiger partial charge is 0.493 e. The number of hydrogen-bond acceptors (Lipinski definition) is 4. The van der Waals surface area contributed by atoms with Crippen LogP contribution in [0.1, 0.15) is 24.8 Å². The summed E-state index contributed by atoms with van der Waals surface area (Å²) < 4.78 is 44.2. The van der Waals surface area contributed by atoms with E-state index in [9.17, 15) is 13.6 Å². The number of benzene rings is 3. The third kappa shape index (κ3) is 6.14. The molecular formula is C29H31F2NO4. The van der Waals surface area contributed by atoms with Crippen molar-refractivity contribution in [3.8, 4) is 28.4 Å². The molecule has 5 nitrogen and oxygen atoms in total. The number of rotatable bonds is 9. The van der Waals surface area contributed by atoms with Crippen LogP contribution in [-0.4, -0.2) is 44.7 Å². The van der Waals surface area contributed by atoms with Gasteiger partial charge in [0.25, 0.3) is 5.91 Å². The Kier molecular flexibility index (Phi) is 8.41. The highest BCUT2D eigenvalue weighted by Crippen LogP contribution is 2.33. The second kappa shape index (κ2) is 11.9.